The van der Waals surface area contributed by atoms with Gasteiger partial charge in [-0.15, -0.1) is 0 Å². The highest BCUT2D eigenvalue weighted by molar-refractivity contribution is 7.80. The number of benzene rings is 2. The third kappa shape index (κ3) is 4.87. The van der Waals surface area contributed by atoms with E-state index in [4.69, 9.17) is 35.9 Å². The summed E-state index contributed by atoms with van der Waals surface area (Å²) in [6.45, 7) is 7.35. The SMILES string of the molecule is COCCN1C(=S)NC(c2ccc(C)c(C)c2)C(c2nc(-c3ccc(OC)c(OC)c3)no2)=C1C. The van der Waals surface area contributed by atoms with E-state index in [2.05, 4.69) is 42.5 Å². The van der Waals surface area contributed by atoms with Crippen LogP contribution in [0.1, 0.15) is 35.5 Å². The molecule has 0 spiro atoms. The van der Waals surface area contributed by atoms with Gasteiger partial charge in [-0.2, -0.15) is 4.98 Å². The fourth-order valence-corrected chi connectivity index (χ4v) is 4.48. The van der Waals surface area contributed by atoms with Gasteiger partial charge in [-0.05, 0) is 67.9 Å². The number of ether oxygens (including phenoxy) is 3. The summed E-state index contributed by atoms with van der Waals surface area (Å²) >= 11 is 5.72. The molecule has 0 saturated carbocycles. The summed E-state index contributed by atoms with van der Waals surface area (Å²) in [5.41, 5.74) is 6.07. The number of thiocarbonyl (C=S) groups is 1. The van der Waals surface area contributed by atoms with Crippen molar-refractivity contribution in [3.63, 3.8) is 0 Å². The molecule has 2 aromatic carbocycles. The average Bonchev–Trinajstić information content (AvgIpc) is 3.34. The van der Waals surface area contributed by atoms with E-state index in [0.717, 1.165) is 22.4 Å². The molecule has 0 bridgehead atoms. The van der Waals surface area contributed by atoms with Crippen LogP contribution >= 0.6 is 12.2 Å². The normalized spacial score (nSPS) is 15.9. The number of rotatable bonds is 8. The maximum Gasteiger partial charge on any atom is 0.258 e. The summed E-state index contributed by atoms with van der Waals surface area (Å²) in [5.74, 6) is 2.10. The molecule has 1 aliphatic heterocycles. The Balaban J connectivity index is 1.80. The standard InChI is InChI=1S/C26H30N4O4S/c1-15-7-8-18(13-16(15)2)23-22(17(3)30(11-12-31-4)26(35)27-23)25-28-24(29-34-25)19-9-10-20(32-5)21(14-19)33-6/h7-10,13-14,23H,11-12H2,1-6H3,(H,27,35). The first-order valence-electron chi connectivity index (χ1n) is 11.3. The summed E-state index contributed by atoms with van der Waals surface area (Å²) in [4.78, 5) is 6.77. The predicted octanol–water partition coefficient (Wildman–Crippen LogP) is 4.68. The summed E-state index contributed by atoms with van der Waals surface area (Å²) in [7, 11) is 4.87. The van der Waals surface area contributed by atoms with Crippen LogP contribution in [0.4, 0.5) is 0 Å². The van der Waals surface area contributed by atoms with Crippen molar-refractivity contribution < 1.29 is 18.7 Å². The Bertz CT molecular complexity index is 1270. The van der Waals surface area contributed by atoms with Crippen molar-refractivity contribution in [1.82, 2.24) is 20.4 Å². The number of methoxy groups -OCH3 is 3. The number of nitrogens with one attached hydrogen (secondary N) is 1. The number of hydrogen-bond acceptors (Lipinski definition) is 7. The van der Waals surface area contributed by atoms with Gasteiger partial charge in [0.2, 0.25) is 5.82 Å². The highest BCUT2D eigenvalue weighted by Gasteiger charge is 2.34. The van der Waals surface area contributed by atoms with Crippen molar-refractivity contribution >= 4 is 22.9 Å². The van der Waals surface area contributed by atoms with E-state index in [0.29, 0.717) is 41.5 Å². The van der Waals surface area contributed by atoms with Crippen molar-refractivity contribution in [2.45, 2.75) is 26.8 Å². The smallest absolute Gasteiger partial charge is 0.258 e. The minimum atomic E-state index is -0.237. The minimum Gasteiger partial charge on any atom is -0.493 e. The molecule has 0 saturated heterocycles. The maximum atomic E-state index is 5.82. The van der Waals surface area contributed by atoms with Crippen LogP contribution in [0, 0.1) is 13.8 Å². The first-order valence-corrected chi connectivity index (χ1v) is 11.7. The van der Waals surface area contributed by atoms with Crippen molar-refractivity contribution in [2.75, 3.05) is 34.5 Å². The van der Waals surface area contributed by atoms with Crippen LogP contribution in [0.3, 0.4) is 0 Å². The van der Waals surface area contributed by atoms with Crippen LogP contribution in [-0.4, -0.2) is 54.6 Å². The second kappa shape index (κ2) is 10.5. The Morgan fingerprint density at radius 3 is 2.46 bits per heavy atom. The molecular weight excluding hydrogens is 464 g/mol. The number of allylic oxidation sites excluding steroid dienone is 1. The molecule has 0 aliphatic carbocycles. The van der Waals surface area contributed by atoms with Crippen molar-refractivity contribution in [3.8, 4) is 22.9 Å². The molecule has 1 aromatic heterocycles. The molecule has 0 radical (unpaired) electrons. The highest BCUT2D eigenvalue weighted by atomic mass is 32.1. The number of aromatic nitrogens is 2. The van der Waals surface area contributed by atoms with Gasteiger partial charge in [0, 0.05) is 24.9 Å². The Kier molecular flexibility index (Phi) is 7.37. The molecule has 184 valence electrons. The predicted molar refractivity (Wildman–Crippen MR) is 138 cm³/mol. The van der Waals surface area contributed by atoms with Crippen molar-refractivity contribution in [2.24, 2.45) is 0 Å². The minimum absolute atomic E-state index is 0.237. The molecule has 1 N–H and O–H groups in total. The Morgan fingerprint density at radius 1 is 1.00 bits per heavy atom. The summed E-state index contributed by atoms with van der Waals surface area (Å²) in [6, 6.07) is 11.7. The molecule has 3 aromatic rings. The van der Waals surface area contributed by atoms with Gasteiger partial charge < -0.3 is 29.0 Å². The van der Waals surface area contributed by atoms with Crippen LogP contribution in [0.15, 0.2) is 46.6 Å². The van der Waals surface area contributed by atoms with E-state index in [1.54, 1.807) is 21.3 Å². The van der Waals surface area contributed by atoms with Gasteiger partial charge in [-0.1, -0.05) is 23.4 Å². The van der Waals surface area contributed by atoms with Crippen LogP contribution in [0.25, 0.3) is 17.0 Å². The molecule has 8 nitrogen and oxygen atoms in total. The monoisotopic (exact) mass is 494 g/mol. The third-order valence-electron chi connectivity index (χ3n) is 6.28. The lowest BCUT2D eigenvalue weighted by Crippen LogP contribution is -2.47. The molecule has 1 aliphatic rings. The Labute approximate surface area is 210 Å². The molecule has 0 amide bonds. The molecule has 9 heteroatoms. The topological polar surface area (TPSA) is 81.9 Å². The molecular formula is C26H30N4O4S. The van der Waals surface area contributed by atoms with Gasteiger partial charge in [0.25, 0.3) is 5.89 Å². The van der Waals surface area contributed by atoms with Gasteiger partial charge in [0.1, 0.15) is 0 Å². The highest BCUT2D eigenvalue weighted by Crippen LogP contribution is 2.38. The fraction of sp³-hybridized carbons (Fsp3) is 0.346. The van der Waals surface area contributed by atoms with E-state index in [1.807, 2.05) is 30.0 Å². The second-order valence-corrected chi connectivity index (χ2v) is 8.75. The number of nitrogens with zero attached hydrogens (tertiary/aromatic N) is 3. The summed E-state index contributed by atoms with van der Waals surface area (Å²) in [5, 5.41) is 8.38. The molecule has 35 heavy (non-hydrogen) atoms. The lowest BCUT2D eigenvalue weighted by molar-refractivity contribution is 0.183. The Hall–Kier alpha value is -3.43. The molecule has 1 unspecified atom stereocenters. The number of aryl methyl sites for hydroxylation is 2. The lowest BCUT2D eigenvalue weighted by atomic mass is 9.92. The third-order valence-corrected chi connectivity index (χ3v) is 6.62. The van der Waals surface area contributed by atoms with E-state index in [-0.39, 0.29) is 6.04 Å². The number of hydrogen-bond donors (Lipinski definition) is 1. The molecule has 4 rings (SSSR count). The van der Waals surface area contributed by atoms with Crippen LogP contribution in [-0.2, 0) is 4.74 Å². The zero-order chi connectivity index (χ0) is 25.1. The van der Waals surface area contributed by atoms with Gasteiger partial charge in [-0.25, -0.2) is 0 Å². The zero-order valence-corrected chi connectivity index (χ0v) is 21.7. The van der Waals surface area contributed by atoms with Crippen LogP contribution in [0.5, 0.6) is 11.5 Å². The first kappa shape index (κ1) is 24.7. The summed E-state index contributed by atoms with van der Waals surface area (Å²) < 4.78 is 21.9. The fourth-order valence-electron chi connectivity index (χ4n) is 4.13. The van der Waals surface area contributed by atoms with Crippen LogP contribution < -0.4 is 14.8 Å². The van der Waals surface area contributed by atoms with Gasteiger partial charge in [-0.3, -0.25) is 0 Å². The Morgan fingerprint density at radius 2 is 1.77 bits per heavy atom. The van der Waals surface area contributed by atoms with Gasteiger partial charge in [0.05, 0.1) is 32.4 Å². The van der Waals surface area contributed by atoms with Gasteiger partial charge >= 0.3 is 0 Å². The first-order chi connectivity index (χ1) is 16.9. The quantitative estimate of drug-likeness (QED) is 0.449. The van der Waals surface area contributed by atoms with Crippen molar-refractivity contribution in [3.05, 3.63) is 64.7 Å². The average molecular weight is 495 g/mol. The molecule has 1 atom stereocenters. The van der Waals surface area contributed by atoms with Gasteiger partial charge in [0.15, 0.2) is 16.6 Å². The van der Waals surface area contributed by atoms with Crippen molar-refractivity contribution in [1.29, 1.82) is 0 Å². The van der Waals surface area contributed by atoms with E-state index < -0.39 is 0 Å². The van der Waals surface area contributed by atoms with E-state index in [9.17, 15) is 0 Å². The lowest BCUT2D eigenvalue weighted by Gasteiger charge is -2.37. The second-order valence-electron chi connectivity index (χ2n) is 8.36. The maximum absolute atomic E-state index is 5.82. The van der Waals surface area contributed by atoms with E-state index in [1.165, 1.54) is 11.1 Å². The summed E-state index contributed by atoms with van der Waals surface area (Å²) in [6.07, 6.45) is 0. The van der Waals surface area contributed by atoms with E-state index >= 15 is 0 Å². The van der Waals surface area contributed by atoms with Crippen LogP contribution in [0.2, 0.25) is 0 Å². The molecule has 0 fully saturated rings. The zero-order valence-electron chi connectivity index (χ0n) is 20.8. The molecule has 2 heterocycles. The largest absolute Gasteiger partial charge is 0.493 e.